The molecule has 0 aliphatic carbocycles. The van der Waals surface area contributed by atoms with E-state index in [-0.39, 0.29) is 12.1 Å². The van der Waals surface area contributed by atoms with Crippen molar-refractivity contribution in [2.75, 3.05) is 19.6 Å². The summed E-state index contributed by atoms with van der Waals surface area (Å²) in [5, 5.41) is 4.05. The zero-order valence-corrected chi connectivity index (χ0v) is 14.6. The number of urea groups is 1. The lowest BCUT2D eigenvalue weighted by molar-refractivity contribution is 0.187. The minimum absolute atomic E-state index is 0.0282. The number of carbonyl (C=O) groups excluding carboxylic acids is 1. The van der Waals surface area contributed by atoms with Gasteiger partial charge in [0.25, 0.3) is 0 Å². The van der Waals surface area contributed by atoms with Crippen LogP contribution in [0.5, 0.6) is 5.75 Å². The number of hydrogen-bond acceptors (Lipinski definition) is 5. The predicted molar refractivity (Wildman–Crippen MR) is 93.4 cm³/mol. The number of likely N-dealkylation sites (tertiary alicyclic amines) is 1. The van der Waals surface area contributed by atoms with Crippen LogP contribution in [-0.2, 0) is 12.8 Å². The number of amides is 2. The Morgan fingerprint density at radius 1 is 1.50 bits per heavy atom. The van der Waals surface area contributed by atoms with Gasteiger partial charge in [-0.15, -0.1) is 11.3 Å². The van der Waals surface area contributed by atoms with E-state index < -0.39 is 0 Å². The number of aromatic nitrogens is 2. The maximum Gasteiger partial charge on any atom is 0.317 e. The van der Waals surface area contributed by atoms with Gasteiger partial charge < -0.3 is 15.0 Å². The summed E-state index contributed by atoms with van der Waals surface area (Å²) in [6, 6.07) is 3.70. The van der Waals surface area contributed by atoms with Gasteiger partial charge in [0.05, 0.1) is 17.7 Å². The summed E-state index contributed by atoms with van der Waals surface area (Å²) in [4.78, 5) is 23.7. The maximum atomic E-state index is 12.2. The molecule has 2 amide bonds. The summed E-state index contributed by atoms with van der Waals surface area (Å²) in [7, 11) is 0. The Morgan fingerprint density at radius 3 is 3.17 bits per heavy atom. The molecule has 1 fully saturated rings. The van der Waals surface area contributed by atoms with Gasteiger partial charge in [-0.25, -0.2) is 9.78 Å². The van der Waals surface area contributed by atoms with E-state index in [4.69, 9.17) is 4.74 Å². The standard InChI is InChI=1S/C17H22N4O2S/c1-2-15-11-20-16(24-15)5-8-19-17(22)21-9-6-14(12-21)23-13-4-3-7-18-10-13/h3-4,7,10-11,14H,2,5-6,8-9,12H2,1H3,(H,19,22)/t14-/m1/s1. The SMILES string of the molecule is CCc1cnc(CCNC(=O)N2CC[C@@H](Oc3cccnc3)C2)s1. The van der Waals surface area contributed by atoms with Crippen LogP contribution in [-0.4, -0.2) is 46.6 Å². The third kappa shape index (κ3) is 4.44. The minimum Gasteiger partial charge on any atom is -0.487 e. The molecule has 0 saturated carbocycles. The first-order chi connectivity index (χ1) is 11.7. The van der Waals surface area contributed by atoms with Gasteiger partial charge >= 0.3 is 6.03 Å². The fraction of sp³-hybridized carbons (Fsp3) is 0.471. The zero-order chi connectivity index (χ0) is 16.8. The van der Waals surface area contributed by atoms with Gasteiger partial charge in [-0.1, -0.05) is 6.92 Å². The van der Waals surface area contributed by atoms with Crippen LogP contribution in [0, 0.1) is 0 Å². The smallest absolute Gasteiger partial charge is 0.317 e. The number of nitrogens with one attached hydrogen (secondary N) is 1. The highest BCUT2D eigenvalue weighted by atomic mass is 32.1. The zero-order valence-electron chi connectivity index (χ0n) is 13.8. The molecule has 0 unspecified atom stereocenters. The Morgan fingerprint density at radius 2 is 2.42 bits per heavy atom. The molecule has 0 radical (unpaired) electrons. The molecule has 7 heteroatoms. The number of aryl methyl sites for hydroxylation is 1. The highest BCUT2D eigenvalue weighted by Crippen LogP contribution is 2.17. The Kier molecular flexibility index (Phi) is 5.63. The first kappa shape index (κ1) is 16.7. The molecule has 6 nitrogen and oxygen atoms in total. The molecular weight excluding hydrogens is 324 g/mol. The number of nitrogens with zero attached hydrogens (tertiary/aromatic N) is 3. The highest BCUT2D eigenvalue weighted by Gasteiger charge is 2.27. The quantitative estimate of drug-likeness (QED) is 0.873. The normalized spacial score (nSPS) is 17.0. The van der Waals surface area contributed by atoms with Crippen molar-refractivity contribution < 1.29 is 9.53 Å². The van der Waals surface area contributed by atoms with Crippen molar-refractivity contribution in [2.24, 2.45) is 0 Å². The molecule has 1 aliphatic heterocycles. The van der Waals surface area contributed by atoms with Crippen LogP contribution in [0.4, 0.5) is 4.79 Å². The molecular formula is C17H22N4O2S. The fourth-order valence-corrected chi connectivity index (χ4v) is 3.50. The Balaban J connectivity index is 1.39. The second-order valence-electron chi connectivity index (χ2n) is 5.72. The second-order valence-corrected chi connectivity index (χ2v) is 6.92. The van der Waals surface area contributed by atoms with Crippen LogP contribution in [0.1, 0.15) is 23.2 Å². The summed E-state index contributed by atoms with van der Waals surface area (Å²) >= 11 is 1.72. The third-order valence-electron chi connectivity index (χ3n) is 3.93. The second kappa shape index (κ2) is 8.10. The van der Waals surface area contributed by atoms with E-state index in [0.29, 0.717) is 19.6 Å². The van der Waals surface area contributed by atoms with E-state index in [1.54, 1.807) is 28.6 Å². The molecule has 0 spiro atoms. The van der Waals surface area contributed by atoms with Crippen LogP contribution in [0.3, 0.4) is 0 Å². The lowest BCUT2D eigenvalue weighted by Crippen LogP contribution is -2.40. The number of rotatable bonds is 6. The Bertz CT molecular complexity index is 662. The van der Waals surface area contributed by atoms with Crippen LogP contribution in [0.25, 0.3) is 0 Å². The first-order valence-corrected chi connectivity index (χ1v) is 9.09. The van der Waals surface area contributed by atoms with Crippen LogP contribution < -0.4 is 10.1 Å². The van der Waals surface area contributed by atoms with Crippen molar-refractivity contribution in [1.82, 2.24) is 20.2 Å². The van der Waals surface area contributed by atoms with Gasteiger partial charge in [-0.3, -0.25) is 4.98 Å². The molecule has 3 rings (SSSR count). The molecule has 1 saturated heterocycles. The number of carbonyl (C=O) groups is 1. The van der Waals surface area contributed by atoms with Gasteiger partial charge in [0.1, 0.15) is 11.9 Å². The molecule has 1 N–H and O–H groups in total. The van der Waals surface area contributed by atoms with Crippen LogP contribution >= 0.6 is 11.3 Å². The Labute approximate surface area is 145 Å². The van der Waals surface area contributed by atoms with Crippen molar-refractivity contribution in [3.05, 3.63) is 40.6 Å². The predicted octanol–water partition coefficient (Wildman–Crippen LogP) is 2.51. The maximum absolute atomic E-state index is 12.2. The van der Waals surface area contributed by atoms with E-state index in [2.05, 4.69) is 22.2 Å². The van der Waals surface area contributed by atoms with Crippen molar-refractivity contribution in [2.45, 2.75) is 32.3 Å². The molecule has 2 aromatic rings. The number of thiazole rings is 1. The van der Waals surface area contributed by atoms with Gasteiger partial charge in [0.2, 0.25) is 0 Å². The molecule has 0 bridgehead atoms. The van der Waals surface area contributed by atoms with Crippen LogP contribution in [0.15, 0.2) is 30.7 Å². The van der Waals surface area contributed by atoms with Gasteiger partial charge in [-0.05, 0) is 18.6 Å². The van der Waals surface area contributed by atoms with E-state index in [1.165, 1.54) is 4.88 Å². The average Bonchev–Trinajstić information content (AvgIpc) is 3.25. The van der Waals surface area contributed by atoms with Gasteiger partial charge in [-0.2, -0.15) is 0 Å². The summed E-state index contributed by atoms with van der Waals surface area (Å²) in [6.45, 7) is 4.06. The van der Waals surface area contributed by atoms with E-state index in [0.717, 1.165) is 30.0 Å². The van der Waals surface area contributed by atoms with Crippen molar-refractivity contribution in [1.29, 1.82) is 0 Å². The lowest BCUT2D eigenvalue weighted by Gasteiger charge is -2.17. The van der Waals surface area contributed by atoms with E-state index in [9.17, 15) is 4.79 Å². The molecule has 1 atom stereocenters. The highest BCUT2D eigenvalue weighted by molar-refractivity contribution is 7.11. The molecule has 1 aliphatic rings. The van der Waals surface area contributed by atoms with E-state index in [1.807, 2.05) is 18.3 Å². The largest absolute Gasteiger partial charge is 0.487 e. The molecule has 2 aromatic heterocycles. The fourth-order valence-electron chi connectivity index (χ4n) is 2.63. The minimum atomic E-state index is -0.0282. The molecule has 0 aromatic carbocycles. The van der Waals surface area contributed by atoms with E-state index >= 15 is 0 Å². The molecule has 24 heavy (non-hydrogen) atoms. The first-order valence-electron chi connectivity index (χ1n) is 8.27. The summed E-state index contributed by atoms with van der Waals surface area (Å²) in [5.74, 6) is 0.750. The summed E-state index contributed by atoms with van der Waals surface area (Å²) in [5.41, 5.74) is 0. The number of pyridine rings is 1. The van der Waals surface area contributed by atoms with Crippen LogP contribution in [0.2, 0.25) is 0 Å². The van der Waals surface area contributed by atoms with Crippen molar-refractivity contribution >= 4 is 17.4 Å². The monoisotopic (exact) mass is 346 g/mol. The third-order valence-corrected chi connectivity index (χ3v) is 5.14. The van der Waals surface area contributed by atoms with Gasteiger partial charge in [0.15, 0.2) is 0 Å². The lowest BCUT2D eigenvalue weighted by atomic mass is 10.3. The number of ether oxygens (including phenoxy) is 1. The molecule has 3 heterocycles. The summed E-state index contributed by atoms with van der Waals surface area (Å²) in [6.07, 6.45) is 7.99. The average molecular weight is 346 g/mol. The molecule has 128 valence electrons. The van der Waals surface area contributed by atoms with Crippen molar-refractivity contribution in [3.63, 3.8) is 0 Å². The number of hydrogen-bond donors (Lipinski definition) is 1. The Hall–Kier alpha value is -2.15. The summed E-state index contributed by atoms with van der Waals surface area (Å²) < 4.78 is 5.85. The van der Waals surface area contributed by atoms with Gasteiger partial charge in [0, 0.05) is 43.2 Å². The van der Waals surface area contributed by atoms with Crippen molar-refractivity contribution in [3.8, 4) is 5.75 Å². The topological polar surface area (TPSA) is 67.4 Å².